The Morgan fingerprint density at radius 3 is 2.61 bits per heavy atom. The molecule has 0 bridgehead atoms. The molecule has 6 N–H and O–H groups in total. The summed E-state index contributed by atoms with van der Waals surface area (Å²) in [6.07, 6.45) is 1.28. The van der Waals surface area contributed by atoms with E-state index in [1.807, 2.05) is 0 Å². The van der Waals surface area contributed by atoms with Gasteiger partial charge < -0.3 is 26.6 Å². The van der Waals surface area contributed by atoms with Gasteiger partial charge in [0.2, 0.25) is 5.91 Å². The van der Waals surface area contributed by atoms with Gasteiger partial charge in [0.25, 0.3) is 0 Å². The number of aliphatic hydroxyl groups is 1. The lowest BCUT2D eigenvalue weighted by Gasteiger charge is -2.24. The number of carbonyl (C=O) groups excluding carboxylic acids is 1. The van der Waals surface area contributed by atoms with Crippen molar-refractivity contribution in [2.24, 2.45) is 11.5 Å². The van der Waals surface area contributed by atoms with Gasteiger partial charge >= 0.3 is 5.97 Å². The van der Waals surface area contributed by atoms with Crippen molar-refractivity contribution in [2.75, 3.05) is 13.1 Å². The third kappa shape index (κ3) is 3.66. The van der Waals surface area contributed by atoms with Gasteiger partial charge in [-0.1, -0.05) is 6.42 Å². The third-order valence-electron chi connectivity index (χ3n) is 3.13. The standard InChI is InChI=1S/C11H21N3O4/c12-4-2-1-3-8(13)10(16)14-6-7(15)5-9(14)11(17)18/h7-9,15H,1-6,12-13H2,(H,17,18). The van der Waals surface area contributed by atoms with Crippen molar-refractivity contribution in [1.29, 1.82) is 0 Å². The minimum absolute atomic E-state index is 0.0421. The number of β-amino-alcohol motifs (C(OH)–C–C–N with tert-alkyl or cyclic N) is 1. The summed E-state index contributed by atoms with van der Waals surface area (Å²) >= 11 is 0. The number of carboxylic acid groups (broad SMARTS) is 1. The van der Waals surface area contributed by atoms with Crippen LogP contribution in [0.1, 0.15) is 25.7 Å². The second kappa shape index (κ2) is 6.67. The number of rotatable bonds is 6. The summed E-state index contributed by atoms with van der Waals surface area (Å²) in [6, 6.07) is -1.68. The van der Waals surface area contributed by atoms with E-state index in [4.69, 9.17) is 16.6 Å². The second-order valence-electron chi connectivity index (χ2n) is 4.63. The van der Waals surface area contributed by atoms with Crippen LogP contribution in [-0.4, -0.2) is 58.3 Å². The van der Waals surface area contributed by atoms with E-state index < -0.39 is 30.1 Å². The Balaban J connectivity index is 2.56. The molecule has 104 valence electrons. The fraction of sp³-hybridized carbons (Fsp3) is 0.818. The Bertz CT molecular complexity index is 311. The summed E-state index contributed by atoms with van der Waals surface area (Å²) in [5, 5.41) is 18.4. The van der Waals surface area contributed by atoms with Crippen LogP contribution < -0.4 is 11.5 Å². The zero-order valence-corrected chi connectivity index (χ0v) is 10.3. The molecule has 0 aromatic carbocycles. The van der Waals surface area contributed by atoms with E-state index in [1.54, 1.807) is 0 Å². The molecule has 1 saturated heterocycles. The Morgan fingerprint density at radius 2 is 2.06 bits per heavy atom. The van der Waals surface area contributed by atoms with Crippen molar-refractivity contribution in [2.45, 2.75) is 43.9 Å². The molecule has 0 aromatic heterocycles. The van der Waals surface area contributed by atoms with Gasteiger partial charge in [-0.2, -0.15) is 0 Å². The molecule has 1 rings (SSSR count). The number of unbranched alkanes of at least 4 members (excludes halogenated alkanes) is 1. The predicted molar refractivity (Wildman–Crippen MR) is 64.6 cm³/mol. The van der Waals surface area contributed by atoms with Gasteiger partial charge in [-0.25, -0.2) is 4.79 Å². The van der Waals surface area contributed by atoms with Crippen LogP contribution in [0, 0.1) is 0 Å². The lowest BCUT2D eigenvalue weighted by atomic mass is 10.1. The molecule has 0 aromatic rings. The molecule has 1 heterocycles. The number of aliphatic carboxylic acids is 1. The summed E-state index contributed by atoms with van der Waals surface area (Å²) in [7, 11) is 0. The van der Waals surface area contributed by atoms with Crippen LogP contribution in [0.5, 0.6) is 0 Å². The van der Waals surface area contributed by atoms with E-state index in [2.05, 4.69) is 0 Å². The Hall–Kier alpha value is -1.18. The van der Waals surface area contributed by atoms with Gasteiger partial charge in [0, 0.05) is 13.0 Å². The highest BCUT2D eigenvalue weighted by molar-refractivity contribution is 5.87. The molecule has 7 nitrogen and oxygen atoms in total. The fourth-order valence-corrected chi connectivity index (χ4v) is 2.14. The van der Waals surface area contributed by atoms with Crippen molar-refractivity contribution in [3.8, 4) is 0 Å². The third-order valence-corrected chi connectivity index (χ3v) is 3.13. The average Bonchev–Trinajstić information content (AvgIpc) is 2.70. The van der Waals surface area contributed by atoms with Gasteiger partial charge in [-0.05, 0) is 19.4 Å². The van der Waals surface area contributed by atoms with Crippen LogP contribution in [0.4, 0.5) is 0 Å². The zero-order chi connectivity index (χ0) is 13.7. The maximum atomic E-state index is 12.0. The Morgan fingerprint density at radius 1 is 1.39 bits per heavy atom. The van der Waals surface area contributed by atoms with Gasteiger partial charge in [0.05, 0.1) is 12.1 Å². The molecule has 0 saturated carbocycles. The molecule has 7 heteroatoms. The first-order valence-electron chi connectivity index (χ1n) is 6.14. The molecule has 0 spiro atoms. The predicted octanol–water partition coefficient (Wildman–Crippen LogP) is -1.51. The zero-order valence-electron chi connectivity index (χ0n) is 10.3. The lowest BCUT2D eigenvalue weighted by molar-refractivity contribution is -0.148. The first-order chi connectivity index (χ1) is 8.47. The van der Waals surface area contributed by atoms with Crippen molar-refractivity contribution in [1.82, 2.24) is 4.90 Å². The van der Waals surface area contributed by atoms with Crippen LogP contribution in [0.15, 0.2) is 0 Å². The van der Waals surface area contributed by atoms with Crippen molar-refractivity contribution >= 4 is 11.9 Å². The van der Waals surface area contributed by atoms with Crippen LogP contribution in [0.3, 0.4) is 0 Å². The monoisotopic (exact) mass is 259 g/mol. The number of carboxylic acids is 1. The molecule has 3 unspecified atom stereocenters. The number of aliphatic hydroxyl groups excluding tert-OH is 1. The molecule has 18 heavy (non-hydrogen) atoms. The van der Waals surface area contributed by atoms with Crippen LogP contribution in [0.25, 0.3) is 0 Å². The fourth-order valence-electron chi connectivity index (χ4n) is 2.14. The average molecular weight is 259 g/mol. The highest BCUT2D eigenvalue weighted by Crippen LogP contribution is 2.19. The Labute approximate surface area is 106 Å². The molecule has 1 amide bonds. The van der Waals surface area contributed by atoms with E-state index in [1.165, 1.54) is 4.90 Å². The van der Waals surface area contributed by atoms with E-state index in [-0.39, 0.29) is 13.0 Å². The SMILES string of the molecule is NCCCCC(N)C(=O)N1CC(O)CC1C(=O)O. The summed E-state index contributed by atoms with van der Waals surface area (Å²) < 4.78 is 0. The van der Waals surface area contributed by atoms with Crippen LogP contribution in [0.2, 0.25) is 0 Å². The summed E-state index contributed by atoms with van der Waals surface area (Å²) in [6.45, 7) is 0.585. The number of nitrogens with zero attached hydrogens (tertiary/aromatic N) is 1. The molecule has 1 fully saturated rings. The number of carbonyl (C=O) groups is 2. The topological polar surface area (TPSA) is 130 Å². The van der Waals surface area contributed by atoms with Gasteiger partial charge in [0.1, 0.15) is 6.04 Å². The minimum atomic E-state index is -1.10. The quantitative estimate of drug-likeness (QED) is 0.429. The smallest absolute Gasteiger partial charge is 0.326 e. The maximum Gasteiger partial charge on any atom is 0.326 e. The number of likely N-dealkylation sites (tertiary alicyclic amines) is 1. The molecule has 0 aliphatic carbocycles. The largest absolute Gasteiger partial charge is 0.480 e. The van der Waals surface area contributed by atoms with Crippen molar-refractivity contribution in [3.05, 3.63) is 0 Å². The number of nitrogens with two attached hydrogens (primary N) is 2. The molecule has 1 aliphatic heterocycles. The first-order valence-corrected chi connectivity index (χ1v) is 6.14. The van der Waals surface area contributed by atoms with Crippen LogP contribution >= 0.6 is 0 Å². The van der Waals surface area contributed by atoms with Crippen molar-refractivity contribution in [3.63, 3.8) is 0 Å². The summed E-state index contributed by atoms with van der Waals surface area (Å²) in [5.41, 5.74) is 11.1. The molecule has 0 radical (unpaired) electrons. The molecular weight excluding hydrogens is 238 g/mol. The summed E-state index contributed by atoms with van der Waals surface area (Å²) in [4.78, 5) is 24.1. The normalized spacial score (nSPS) is 25.2. The number of hydrogen-bond acceptors (Lipinski definition) is 5. The van der Waals surface area contributed by atoms with Crippen molar-refractivity contribution < 1.29 is 19.8 Å². The maximum absolute atomic E-state index is 12.0. The first kappa shape index (κ1) is 14.9. The Kier molecular flexibility index (Phi) is 5.52. The van der Waals surface area contributed by atoms with E-state index in [0.29, 0.717) is 13.0 Å². The van der Waals surface area contributed by atoms with E-state index in [0.717, 1.165) is 12.8 Å². The lowest BCUT2D eigenvalue weighted by Crippen LogP contribution is -2.48. The molecule has 3 atom stereocenters. The van der Waals surface area contributed by atoms with Gasteiger partial charge in [-0.15, -0.1) is 0 Å². The number of amides is 1. The minimum Gasteiger partial charge on any atom is -0.480 e. The van der Waals surface area contributed by atoms with Gasteiger partial charge in [-0.3, -0.25) is 4.79 Å². The molecule has 1 aliphatic rings. The number of hydrogen-bond donors (Lipinski definition) is 4. The van der Waals surface area contributed by atoms with E-state index >= 15 is 0 Å². The second-order valence-corrected chi connectivity index (χ2v) is 4.63. The van der Waals surface area contributed by atoms with Gasteiger partial charge in [0.15, 0.2) is 0 Å². The van der Waals surface area contributed by atoms with E-state index in [9.17, 15) is 14.7 Å². The summed E-state index contributed by atoms with van der Waals surface area (Å²) in [5.74, 6) is -1.51. The van der Waals surface area contributed by atoms with Crippen LogP contribution in [-0.2, 0) is 9.59 Å². The molecular formula is C11H21N3O4. The highest BCUT2D eigenvalue weighted by atomic mass is 16.4. The highest BCUT2D eigenvalue weighted by Gasteiger charge is 2.40.